The molecule has 2 aliphatic rings. The number of benzene rings is 2. The Bertz CT molecular complexity index is 844. The molecule has 29 heavy (non-hydrogen) atoms. The van der Waals surface area contributed by atoms with Crippen LogP contribution in [-0.2, 0) is 16.9 Å². The lowest BCUT2D eigenvalue weighted by molar-refractivity contribution is -0.136. The molecular formula is C24H29FN2O2. The number of likely N-dealkylation sites (tertiary alicyclic amines) is 1. The van der Waals surface area contributed by atoms with Crippen LogP contribution in [0.1, 0.15) is 43.2 Å². The van der Waals surface area contributed by atoms with E-state index in [-0.39, 0.29) is 30.2 Å². The second kappa shape index (κ2) is 8.64. The van der Waals surface area contributed by atoms with Gasteiger partial charge in [-0.05, 0) is 30.9 Å². The summed E-state index contributed by atoms with van der Waals surface area (Å²) in [6.45, 7) is 1.17. The standard InChI is InChI=1S/C24H29FN2O2/c25-21-12-6-4-8-18(21)16-26-23(28)17-27-15-14-24(29,19-9-2-1-3-10-19)20-11-5-7-13-22(20)27/h1-4,6,8-10,12,20,22,29H,5,7,11,13-17H2,(H,26,28)/t20-,22+,24+/m0/s1. The molecule has 4 rings (SSSR count). The third-order valence-electron chi connectivity index (χ3n) is 6.65. The summed E-state index contributed by atoms with van der Waals surface area (Å²) in [5, 5.41) is 14.5. The van der Waals surface area contributed by atoms with Gasteiger partial charge in [0.15, 0.2) is 0 Å². The zero-order chi connectivity index (χ0) is 20.3. The van der Waals surface area contributed by atoms with Crippen molar-refractivity contribution in [1.82, 2.24) is 10.2 Å². The monoisotopic (exact) mass is 396 g/mol. The van der Waals surface area contributed by atoms with E-state index in [1.54, 1.807) is 18.2 Å². The molecule has 0 radical (unpaired) electrons. The molecule has 1 amide bonds. The normalized spacial score (nSPS) is 27.2. The summed E-state index contributed by atoms with van der Waals surface area (Å²) in [4.78, 5) is 14.8. The number of carbonyl (C=O) groups is 1. The van der Waals surface area contributed by atoms with Crippen LogP contribution in [-0.4, -0.2) is 35.0 Å². The molecular weight excluding hydrogens is 367 g/mol. The summed E-state index contributed by atoms with van der Waals surface area (Å²) in [7, 11) is 0. The number of hydrogen-bond acceptors (Lipinski definition) is 3. The maximum absolute atomic E-state index is 13.8. The van der Waals surface area contributed by atoms with Crippen molar-refractivity contribution >= 4 is 5.91 Å². The maximum atomic E-state index is 13.8. The van der Waals surface area contributed by atoms with Crippen LogP contribution in [0.3, 0.4) is 0 Å². The number of halogens is 1. The highest BCUT2D eigenvalue weighted by molar-refractivity contribution is 5.78. The van der Waals surface area contributed by atoms with Gasteiger partial charge in [-0.3, -0.25) is 9.69 Å². The van der Waals surface area contributed by atoms with Gasteiger partial charge in [-0.25, -0.2) is 4.39 Å². The van der Waals surface area contributed by atoms with E-state index < -0.39 is 5.60 Å². The highest BCUT2D eigenvalue weighted by Gasteiger charge is 2.49. The van der Waals surface area contributed by atoms with Crippen molar-refractivity contribution in [1.29, 1.82) is 0 Å². The van der Waals surface area contributed by atoms with E-state index in [0.717, 1.165) is 31.2 Å². The Balaban J connectivity index is 1.43. The van der Waals surface area contributed by atoms with Gasteiger partial charge in [0.25, 0.3) is 0 Å². The summed E-state index contributed by atoms with van der Waals surface area (Å²) < 4.78 is 13.8. The Morgan fingerprint density at radius 1 is 1.10 bits per heavy atom. The lowest BCUT2D eigenvalue weighted by Crippen LogP contribution is -2.59. The van der Waals surface area contributed by atoms with Gasteiger partial charge in [0, 0.05) is 30.6 Å². The van der Waals surface area contributed by atoms with E-state index in [2.05, 4.69) is 10.2 Å². The predicted molar refractivity (Wildman–Crippen MR) is 111 cm³/mol. The second-order valence-corrected chi connectivity index (χ2v) is 8.34. The van der Waals surface area contributed by atoms with Gasteiger partial charge in [-0.15, -0.1) is 0 Å². The number of piperidine rings is 1. The van der Waals surface area contributed by atoms with Crippen LogP contribution in [0, 0.1) is 11.7 Å². The topological polar surface area (TPSA) is 52.6 Å². The maximum Gasteiger partial charge on any atom is 0.234 e. The minimum Gasteiger partial charge on any atom is -0.385 e. The van der Waals surface area contributed by atoms with Gasteiger partial charge in [0.05, 0.1) is 12.1 Å². The molecule has 1 saturated heterocycles. The predicted octanol–water partition coefficient (Wildman–Crippen LogP) is 3.59. The highest BCUT2D eigenvalue weighted by Crippen LogP contribution is 2.46. The van der Waals surface area contributed by atoms with Crippen LogP contribution in [0.4, 0.5) is 4.39 Å². The number of nitrogens with zero attached hydrogens (tertiary/aromatic N) is 1. The van der Waals surface area contributed by atoms with E-state index in [1.165, 1.54) is 6.07 Å². The average Bonchev–Trinajstić information content (AvgIpc) is 2.76. The number of aliphatic hydroxyl groups is 1. The first-order valence-corrected chi connectivity index (χ1v) is 10.6. The van der Waals surface area contributed by atoms with E-state index in [1.807, 2.05) is 30.3 Å². The lowest BCUT2D eigenvalue weighted by Gasteiger charge is -2.52. The lowest BCUT2D eigenvalue weighted by atomic mass is 9.66. The minimum absolute atomic E-state index is 0.0947. The highest BCUT2D eigenvalue weighted by atomic mass is 19.1. The van der Waals surface area contributed by atoms with Gasteiger partial charge in [-0.2, -0.15) is 0 Å². The minimum atomic E-state index is -0.827. The molecule has 154 valence electrons. The summed E-state index contributed by atoms with van der Waals surface area (Å²) >= 11 is 0. The summed E-state index contributed by atoms with van der Waals surface area (Å²) in [5.41, 5.74) is 0.654. The molecule has 1 aliphatic carbocycles. The van der Waals surface area contributed by atoms with E-state index in [4.69, 9.17) is 0 Å². The van der Waals surface area contributed by atoms with Gasteiger partial charge in [0.1, 0.15) is 5.82 Å². The zero-order valence-electron chi connectivity index (χ0n) is 16.7. The van der Waals surface area contributed by atoms with Gasteiger partial charge in [0.2, 0.25) is 5.91 Å². The number of amides is 1. The fourth-order valence-corrected chi connectivity index (χ4v) is 5.13. The Hall–Kier alpha value is -2.24. The summed E-state index contributed by atoms with van der Waals surface area (Å²) in [6, 6.07) is 16.7. The first-order valence-electron chi connectivity index (χ1n) is 10.6. The van der Waals surface area contributed by atoms with Crippen molar-refractivity contribution in [2.24, 2.45) is 5.92 Å². The van der Waals surface area contributed by atoms with Crippen LogP contribution >= 0.6 is 0 Å². The van der Waals surface area contributed by atoms with Gasteiger partial charge >= 0.3 is 0 Å². The van der Waals surface area contributed by atoms with Crippen LogP contribution in [0.5, 0.6) is 0 Å². The smallest absolute Gasteiger partial charge is 0.234 e. The molecule has 4 nitrogen and oxygen atoms in total. The van der Waals surface area contributed by atoms with Gasteiger partial charge < -0.3 is 10.4 Å². The Labute approximate surface area is 171 Å². The SMILES string of the molecule is O=C(CN1CC[C@@](O)(c2ccccc2)[C@H]2CCCC[C@H]21)NCc1ccccc1F. The van der Waals surface area contributed by atoms with Crippen molar-refractivity contribution in [3.05, 3.63) is 71.5 Å². The fourth-order valence-electron chi connectivity index (χ4n) is 5.13. The molecule has 1 saturated carbocycles. The van der Waals surface area contributed by atoms with Crippen molar-refractivity contribution in [2.75, 3.05) is 13.1 Å². The van der Waals surface area contributed by atoms with Crippen molar-refractivity contribution in [2.45, 2.75) is 50.3 Å². The molecule has 0 aromatic heterocycles. The van der Waals surface area contributed by atoms with Crippen LogP contribution in [0.25, 0.3) is 0 Å². The molecule has 1 aliphatic heterocycles. The van der Waals surface area contributed by atoms with Crippen molar-refractivity contribution < 1.29 is 14.3 Å². The quantitative estimate of drug-likeness (QED) is 0.812. The molecule has 5 heteroatoms. The molecule has 3 atom stereocenters. The Kier molecular flexibility index (Phi) is 5.97. The third kappa shape index (κ3) is 4.21. The summed E-state index contributed by atoms with van der Waals surface area (Å²) in [5.74, 6) is -0.263. The van der Waals surface area contributed by atoms with Crippen molar-refractivity contribution in [3.63, 3.8) is 0 Å². The molecule has 0 spiro atoms. The van der Waals surface area contributed by atoms with Gasteiger partial charge in [-0.1, -0.05) is 61.4 Å². The van der Waals surface area contributed by atoms with Crippen LogP contribution in [0.2, 0.25) is 0 Å². The molecule has 2 aromatic rings. The summed E-state index contributed by atoms with van der Waals surface area (Å²) in [6.07, 6.45) is 4.84. The van der Waals surface area contributed by atoms with Crippen LogP contribution < -0.4 is 5.32 Å². The number of fused-ring (bicyclic) bond motifs is 1. The van der Waals surface area contributed by atoms with E-state index in [9.17, 15) is 14.3 Å². The first kappa shape index (κ1) is 20.0. The van der Waals surface area contributed by atoms with E-state index >= 15 is 0 Å². The largest absolute Gasteiger partial charge is 0.385 e. The zero-order valence-corrected chi connectivity index (χ0v) is 16.7. The number of nitrogens with one attached hydrogen (secondary N) is 1. The number of carbonyl (C=O) groups excluding carboxylic acids is 1. The second-order valence-electron chi connectivity index (χ2n) is 8.34. The van der Waals surface area contributed by atoms with Crippen LogP contribution in [0.15, 0.2) is 54.6 Å². The number of rotatable bonds is 5. The average molecular weight is 397 g/mol. The molecule has 0 unspecified atom stereocenters. The fraction of sp³-hybridized carbons (Fsp3) is 0.458. The Morgan fingerprint density at radius 2 is 1.83 bits per heavy atom. The third-order valence-corrected chi connectivity index (χ3v) is 6.65. The molecule has 2 aromatic carbocycles. The molecule has 2 fully saturated rings. The Morgan fingerprint density at radius 3 is 2.62 bits per heavy atom. The molecule has 0 bridgehead atoms. The van der Waals surface area contributed by atoms with Crippen molar-refractivity contribution in [3.8, 4) is 0 Å². The van der Waals surface area contributed by atoms with E-state index in [0.29, 0.717) is 25.1 Å². The molecule has 2 N–H and O–H groups in total. The molecule has 1 heterocycles. The first-order chi connectivity index (χ1) is 14.1. The number of hydrogen-bond donors (Lipinski definition) is 2.